The van der Waals surface area contributed by atoms with Crippen LogP contribution in [0.2, 0.25) is 0 Å². The Hall–Kier alpha value is -1.56. The van der Waals surface area contributed by atoms with Crippen LogP contribution >= 0.6 is 23.7 Å². The summed E-state index contributed by atoms with van der Waals surface area (Å²) in [5.74, 6) is 0.836. The normalized spacial score (nSPS) is 10.0. The van der Waals surface area contributed by atoms with Gasteiger partial charge in [-0.2, -0.15) is 0 Å². The van der Waals surface area contributed by atoms with Crippen LogP contribution in [-0.4, -0.2) is 33.2 Å². The van der Waals surface area contributed by atoms with Crippen molar-refractivity contribution in [1.82, 2.24) is 10.6 Å². The van der Waals surface area contributed by atoms with Crippen molar-refractivity contribution < 1.29 is 9.53 Å². The summed E-state index contributed by atoms with van der Waals surface area (Å²) in [4.78, 5) is 14.1. The summed E-state index contributed by atoms with van der Waals surface area (Å²) in [5.41, 5.74) is 2.21. The second-order valence-electron chi connectivity index (χ2n) is 5.02. The van der Waals surface area contributed by atoms with E-state index >= 15 is 0 Å². The van der Waals surface area contributed by atoms with E-state index in [1.807, 2.05) is 44.3 Å². The Balaban J connectivity index is 0.00000264. The second-order valence-corrected chi connectivity index (χ2v) is 6.28. The molecule has 0 radical (unpaired) electrons. The Kier molecular flexibility index (Phi) is 8.09. The lowest BCUT2D eigenvalue weighted by molar-refractivity contribution is 0.0957. The second kappa shape index (κ2) is 9.55. The van der Waals surface area contributed by atoms with E-state index in [0.29, 0.717) is 6.54 Å². The van der Waals surface area contributed by atoms with Gasteiger partial charge in [-0.05, 0) is 56.3 Å². The highest BCUT2D eigenvalue weighted by Crippen LogP contribution is 2.31. The highest BCUT2D eigenvalue weighted by Gasteiger charge is 2.13. The Bertz CT molecular complexity index is 626. The summed E-state index contributed by atoms with van der Waals surface area (Å²) in [6, 6.07) is 9.87. The molecule has 0 aliphatic heterocycles. The minimum Gasteiger partial charge on any atom is -0.497 e. The summed E-state index contributed by atoms with van der Waals surface area (Å²) >= 11 is 1.53. The number of amides is 1. The molecule has 2 N–H and O–H groups in total. The SMILES string of the molecule is CNCCCNC(=O)c1cc(-c2ccc(OC)cc2)c(C)s1.Cl. The quantitative estimate of drug-likeness (QED) is 0.748. The molecule has 1 heterocycles. The lowest BCUT2D eigenvalue weighted by atomic mass is 10.1. The monoisotopic (exact) mass is 354 g/mol. The molecule has 6 heteroatoms. The van der Waals surface area contributed by atoms with Gasteiger partial charge >= 0.3 is 0 Å². The minimum atomic E-state index is 0. The van der Waals surface area contributed by atoms with Crippen molar-refractivity contribution in [3.63, 3.8) is 0 Å². The Morgan fingerprint density at radius 1 is 1.22 bits per heavy atom. The molecule has 0 unspecified atom stereocenters. The van der Waals surface area contributed by atoms with Gasteiger partial charge in [-0.15, -0.1) is 23.7 Å². The van der Waals surface area contributed by atoms with Crippen molar-refractivity contribution >= 4 is 29.7 Å². The summed E-state index contributed by atoms with van der Waals surface area (Å²) in [5, 5.41) is 6.02. The lowest BCUT2D eigenvalue weighted by Gasteiger charge is -2.03. The van der Waals surface area contributed by atoms with Crippen molar-refractivity contribution in [3.05, 3.63) is 40.1 Å². The molecule has 1 amide bonds. The van der Waals surface area contributed by atoms with Gasteiger partial charge in [0.25, 0.3) is 5.91 Å². The van der Waals surface area contributed by atoms with Gasteiger partial charge in [-0.25, -0.2) is 0 Å². The average Bonchev–Trinajstić information content (AvgIpc) is 2.93. The number of carbonyl (C=O) groups excluding carboxylic acids is 1. The molecule has 2 rings (SSSR count). The molecule has 0 spiro atoms. The van der Waals surface area contributed by atoms with Crippen molar-refractivity contribution in [1.29, 1.82) is 0 Å². The van der Waals surface area contributed by atoms with E-state index < -0.39 is 0 Å². The minimum absolute atomic E-state index is 0. The number of nitrogens with one attached hydrogen (secondary N) is 2. The molecule has 0 aliphatic carbocycles. The average molecular weight is 355 g/mol. The number of methoxy groups -OCH3 is 1. The van der Waals surface area contributed by atoms with Gasteiger partial charge in [-0.3, -0.25) is 4.79 Å². The predicted molar refractivity (Wildman–Crippen MR) is 99.2 cm³/mol. The first-order chi connectivity index (χ1) is 10.7. The highest BCUT2D eigenvalue weighted by molar-refractivity contribution is 7.14. The molecular formula is C17H23ClN2O2S. The van der Waals surface area contributed by atoms with E-state index in [2.05, 4.69) is 10.6 Å². The molecule has 0 saturated carbocycles. The maximum atomic E-state index is 12.2. The maximum absolute atomic E-state index is 12.2. The molecule has 126 valence electrons. The van der Waals surface area contributed by atoms with Gasteiger partial charge in [0.1, 0.15) is 5.75 Å². The molecule has 0 bridgehead atoms. The van der Waals surface area contributed by atoms with Crippen LogP contribution in [0.5, 0.6) is 5.75 Å². The maximum Gasteiger partial charge on any atom is 0.261 e. The van der Waals surface area contributed by atoms with Gasteiger partial charge in [-0.1, -0.05) is 12.1 Å². The van der Waals surface area contributed by atoms with E-state index in [4.69, 9.17) is 4.74 Å². The third-order valence-electron chi connectivity index (χ3n) is 3.43. The number of ether oxygens (including phenoxy) is 1. The van der Waals surface area contributed by atoms with Gasteiger partial charge in [0.2, 0.25) is 0 Å². The van der Waals surface area contributed by atoms with Gasteiger partial charge < -0.3 is 15.4 Å². The van der Waals surface area contributed by atoms with Crippen LogP contribution in [0.4, 0.5) is 0 Å². The fraction of sp³-hybridized carbons (Fsp3) is 0.353. The number of carbonyl (C=O) groups is 1. The summed E-state index contributed by atoms with van der Waals surface area (Å²) in [6.07, 6.45) is 0.929. The largest absolute Gasteiger partial charge is 0.497 e. The Labute approximate surface area is 147 Å². The zero-order valence-corrected chi connectivity index (χ0v) is 15.3. The van der Waals surface area contributed by atoms with E-state index in [-0.39, 0.29) is 18.3 Å². The van der Waals surface area contributed by atoms with Gasteiger partial charge in [0, 0.05) is 11.4 Å². The standard InChI is InChI=1S/C17H22N2O2S.ClH/c1-12-15(13-5-7-14(21-3)8-6-13)11-16(22-12)17(20)19-10-4-9-18-2;/h5-8,11,18H,4,9-10H2,1-3H3,(H,19,20);1H. The summed E-state index contributed by atoms with van der Waals surface area (Å²) < 4.78 is 5.18. The van der Waals surface area contributed by atoms with Crippen molar-refractivity contribution in [2.75, 3.05) is 27.2 Å². The van der Waals surface area contributed by atoms with Gasteiger partial charge in [0.15, 0.2) is 0 Å². The molecule has 23 heavy (non-hydrogen) atoms. The zero-order valence-electron chi connectivity index (χ0n) is 13.6. The number of aryl methyl sites for hydroxylation is 1. The van der Waals surface area contributed by atoms with Crippen LogP contribution < -0.4 is 15.4 Å². The first-order valence-corrected chi connectivity index (χ1v) is 8.15. The number of hydrogen-bond acceptors (Lipinski definition) is 4. The fourth-order valence-electron chi connectivity index (χ4n) is 2.21. The molecule has 1 aromatic carbocycles. The smallest absolute Gasteiger partial charge is 0.261 e. The fourth-order valence-corrected chi connectivity index (χ4v) is 3.16. The van der Waals surface area contributed by atoms with Crippen molar-refractivity contribution in [2.45, 2.75) is 13.3 Å². The van der Waals surface area contributed by atoms with Crippen LogP contribution in [0.15, 0.2) is 30.3 Å². The van der Waals surface area contributed by atoms with Crippen LogP contribution in [-0.2, 0) is 0 Å². The topological polar surface area (TPSA) is 50.4 Å². The molecular weight excluding hydrogens is 332 g/mol. The van der Waals surface area contributed by atoms with E-state index in [1.165, 1.54) is 11.3 Å². The molecule has 0 aliphatic rings. The molecule has 0 saturated heterocycles. The van der Waals surface area contributed by atoms with Crippen LogP contribution in [0.1, 0.15) is 21.0 Å². The van der Waals surface area contributed by atoms with Crippen LogP contribution in [0.3, 0.4) is 0 Å². The number of rotatable bonds is 7. The number of benzene rings is 1. The third-order valence-corrected chi connectivity index (χ3v) is 4.48. The number of halogens is 1. The number of thiophene rings is 1. The Morgan fingerprint density at radius 2 is 1.91 bits per heavy atom. The van der Waals surface area contributed by atoms with Crippen LogP contribution in [0, 0.1) is 6.92 Å². The lowest BCUT2D eigenvalue weighted by Crippen LogP contribution is -2.25. The zero-order chi connectivity index (χ0) is 15.9. The predicted octanol–water partition coefficient (Wildman–Crippen LogP) is 3.49. The van der Waals surface area contributed by atoms with Crippen LogP contribution in [0.25, 0.3) is 11.1 Å². The number of hydrogen-bond donors (Lipinski definition) is 2. The molecule has 0 fully saturated rings. The van der Waals surface area contributed by atoms with Crippen molar-refractivity contribution in [2.24, 2.45) is 0 Å². The molecule has 1 aromatic heterocycles. The van der Waals surface area contributed by atoms with Gasteiger partial charge in [0.05, 0.1) is 12.0 Å². The molecule has 4 nitrogen and oxygen atoms in total. The highest BCUT2D eigenvalue weighted by atomic mass is 35.5. The Morgan fingerprint density at radius 3 is 2.52 bits per heavy atom. The van der Waals surface area contributed by atoms with Crippen molar-refractivity contribution in [3.8, 4) is 16.9 Å². The molecule has 2 aromatic rings. The van der Waals surface area contributed by atoms with E-state index in [1.54, 1.807) is 7.11 Å². The first-order valence-electron chi connectivity index (χ1n) is 7.33. The van der Waals surface area contributed by atoms with E-state index in [0.717, 1.165) is 39.6 Å². The summed E-state index contributed by atoms with van der Waals surface area (Å²) in [6.45, 7) is 3.64. The van der Waals surface area contributed by atoms with E-state index in [9.17, 15) is 4.79 Å². The third kappa shape index (κ3) is 5.23. The summed E-state index contributed by atoms with van der Waals surface area (Å²) in [7, 11) is 3.56. The first kappa shape index (κ1) is 19.5. The molecule has 0 atom stereocenters.